The van der Waals surface area contributed by atoms with Crippen LogP contribution in [0.15, 0.2) is 16.5 Å². The molecule has 6 heteroatoms. The zero-order valence-corrected chi connectivity index (χ0v) is 11.2. The van der Waals surface area contributed by atoms with E-state index < -0.39 is 15.4 Å². The van der Waals surface area contributed by atoms with Crippen LogP contribution in [0.3, 0.4) is 0 Å². The monoisotopic (exact) mass is 264 g/mol. The standard InChI is InChI=1S/C10H14ClFN2OS/c1-10(2,12)7-5-8(11)13-9(6-7)14-16(3,4)15/h5-6H,1-4H3. The minimum atomic E-state index is -2.32. The van der Waals surface area contributed by atoms with E-state index in [1.165, 1.54) is 38.5 Å². The SMILES string of the molecule is CC(C)(F)c1cc(Cl)nc(N=S(C)(C)=O)c1. The lowest BCUT2D eigenvalue weighted by Crippen LogP contribution is -2.09. The van der Waals surface area contributed by atoms with Gasteiger partial charge in [0.25, 0.3) is 0 Å². The molecule has 0 amide bonds. The van der Waals surface area contributed by atoms with E-state index in [0.717, 1.165) is 0 Å². The molecule has 90 valence electrons. The summed E-state index contributed by atoms with van der Waals surface area (Å²) in [6, 6.07) is 2.90. The number of hydrogen-bond donors (Lipinski definition) is 0. The van der Waals surface area contributed by atoms with Gasteiger partial charge in [0.05, 0.1) is 0 Å². The lowest BCUT2D eigenvalue weighted by atomic mass is 10.0. The number of aromatic nitrogens is 1. The van der Waals surface area contributed by atoms with Crippen LogP contribution in [0.2, 0.25) is 5.15 Å². The number of hydrogen-bond acceptors (Lipinski definition) is 3. The summed E-state index contributed by atoms with van der Waals surface area (Å²) in [4.78, 5) is 3.89. The fraction of sp³-hybridized carbons (Fsp3) is 0.500. The van der Waals surface area contributed by atoms with Crippen molar-refractivity contribution in [1.82, 2.24) is 4.98 Å². The molecule has 0 aromatic carbocycles. The zero-order valence-electron chi connectivity index (χ0n) is 9.62. The Kier molecular flexibility index (Phi) is 3.59. The molecule has 3 nitrogen and oxygen atoms in total. The van der Waals surface area contributed by atoms with Crippen molar-refractivity contribution < 1.29 is 8.60 Å². The average Bonchev–Trinajstić information content (AvgIpc) is 1.97. The fourth-order valence-corrected chi connectivity index (χ4v) is 1.85. The largest absolute Gasteiger partial charge is 0.250 e. The first-order valence-electron chi connectivity index (χ1n) is 4.62. The Labute approximate surface area is 100 Å². The molecule has 0 unspecified atom stereocenters. The van der Waals surface area contributed by atoms with Gasteiger partial charge in [-0.25, -0.2) is 13.6 Å². The molecule has 0 aliphatic carbocycles. The fourth-order valence-electron chi connectivity index (χ4n) is 1.10. The molecule has 0 atom stereocenters. The van der Waals surface area contributed by atoms with Crippen molar-refractivity contribution >= 4 is 27.1 Å². The molecule has 1 heterocycles. The highest BCUT2D eigenvalue weighted by molar-refractivity contribution is 7.92. The molecule has 1 aromatic rings. The van der Waals surface area contributed by atoms with Crippen molar-refractivity contribution in [2.75, 3.05) is 12.5 Å². The summed E-state index contributed by atoms with van der Waals surface area (Å²) in [5, 5.41) is 0.144. The Morgan fingerprint density at radius 1 is 1.44 bits per heavy atom. The van der Waals surface area contributed by atoms with Gasteiger partial charge in [0, 0.05) is 22.2 Å². The van der Waals surface area contributed by atoms with Gasteiger partial charge in [0.2, 0.25) is 0 Å². The van der Waals surface area contributed by atoms with E-state index in [2.05, 4.69) is 9.35 Å². The molecule has 0 aliphatic heterocycles. The third kappa shape index (κ3) is 4.06. The van der Waals surface area contributed by atoms with Crippen molar-refractivity contribution in [3.8, 4) is 0 Å². The van der Waals surface area contributed by atoms with Crippen LogP contribution < -0.4 is 0 Å². The van der Waals surface area contributed by atoms with Gasteiger partial charge in [0.15, 0.2) is 5.82 Å². The van der Waals surface area contributed by atoms with Crippen molar-refractivity contribution in [2.24, 2.45) is 4.36 Å². The lowest BCUT2D eigenvalue weighted by Gasteiger charge is -2.14. The molecular weight excluding hydrogens is 251 g/mol. The summed E-state index contributed by atoms with van der Waals surface area (Å²) in [5.41, 5.74) is -1.16. The first-order chi connectivity index (χ1) is 7.08. The molecule has 0 radical (unpaired) electrons. The van der Waals surface area contributed by atoms with Crippen molar-refractivity contribution in [3.05, 3.63) is 22.8 Å². The van der Waals surface area contributed by atoms with E-state index in [-0.39, 0.29) is 11.0 Å². The van der Waals surface area contributed by atoms with Gasteiger partial charge in [-0.05, 0) is 31.5 Å². The second kappa shape index (κ2) is 4.30. The third-order valence-corrected chi connectivity index (χ3v) is 2.60. The molecule has 0 spiro atoms. The van der Waals surface area contributed by atoms with Crippen LogP contribution in [0.4, 0.5) is 10.2 Å². The third-order valence-electron chi connectivity index (χ3n) is 1.78. The zero-order chi connectivity index (χ0) is 12.6. The highest BCUT2D eigenvalue weighted by atomic mass is 35.5. The van der Waals surface area contributed by atoms with Crippen LogP contribution in [-0.4, -0.2) is 21.7 Å². The first-order valence-corrected chi connectivity index (χ1v) is 7.33. The molecule has 16 heavy (non-hydrogen) atoms. The minimum absolute atomic E-state index is 0.144. The highest BCUT2D eigenvalue weighted by Gasteiger charge is 2.20. The molecule has 1 rings (SSSR count). The van der Waals surface area contributed by atoms with E-state index in [1.807, 2.05) is 0 Å². The molecule has 0 N–H and O–H groups in total. The second-order valence-corrected chi connectivity index (χ2v) is 7.21. The first kappa shape index (κ1) is 13.4. The maximum atomic E-state index is 13.7. The predicted molar refractivity (Wildman–Crippen MR) is 65.5 cm³/mol. The number of pyridine rings is 1. The Morgan fingerprint density at radius 2 is 2.00 bits per heavy atom. The lowest BCUT2D eigenvalue weighted by molar-refractivity contribution is 0.221. The van der Waals surface area contributed by atoms with Crippen LogP contribution in [0.25, 0.3) is 0 Å². The number of halogens is 2. The summed E-state index contributed by atoms with van der Waals surface area (Å²) in [5.74, 6) is 0.197. The van der Waals surface area contributed by atoms with Crippen LogP contribution in [0.5, 0.6) is 0 Å². The molecule has 0 saturated heterocycles. The smallest absolute Gasteiger partial charge is 0.163 e. The Bertz CT molecular complexity index is 508. The second-order valence-electron chi connectivity index (χ2n) is 4.28. The van der Waals surface area contributed by atoms with E-state index in [1.54, 1.807) is 0 Å². The molecule has 0 bridgehead atoms. The summed E-state index contributed by atoms with van der Waals surface area (Å²) in [6.45, 7) is 2.83. The molecule has 0 saturated carbocycles. The number of rotatable bonds is 2. The van der Waals surface area contributed by atoms with E-state index in [9.17, 15) is 8.60 Å². The summed E-state index contributed by atoms with van der Waals surface area (Å²) >= 11 is 5.75. The van der Waals surface area contributed by atoms with Crippen LogP contribution in [0.1, 0.15) is 19.4 Å². The molecule has 0 aliphatic rings. The Balaban J connectivity index is 3.36. The molecule has 1 aromatic heterocycles. The summed E-state index contributed by atoms with van der Waals surface area (Å²) in [6.07, 6.45) is 2.96. The van der Waals surface area contributed by atoms with Crippen molar-refractivity contribution in [2.45, 2.75) is 19.5 Å². The van der Waals surface area contributed by atoms with Gasteiger partial charge < -0.3 is 0 Å². The van der Waals surface area contributed by atoms with Gasteiger partial charge in [0.1, 0.15) is 10.8 Å². The summed E-state index contributed by atoms with van der Waals surface area (Å²) in [7, 11) is -2.32. The van der Waals surface area contributed by atoms with Crippen LogP contribution >= 0.6 is 11.6 Å². The van der Waals surface area contributed by atoms with E-state index in [4.69, 9.17) is 11.6 Å². The Hall–Kier alpha value is -0.680. The number of nitrogens with zero attached hydrogens (tertiary/aromatic N) is 2. The van der Waals surface area contributed by atoms with Crippen molar-refractivity contribution in [1.29, 1.82) is 0 Å². The van der Waals surface area contributed by atoms with Gasteiger partial charge in [-0.2, -0.15) is 4.36 Å². The van der Waals surface area contributed by atoms with E-state index in [0.29, 0.717) is 5.56 Å². The maximum absolute atomic E-state index is 13.7. The summed E-state index contributed by atoms with van der Waals surface area (Å²) < 4.78 is 29.1. The number of alkyl halides is 1. The normalized spacial score (nSPS) is 12.6. The van der Waals surface area contributed by atoms with Gasteiger partial charge in [-0.3, -0.25) is 0 Å². The van der Waals surface area contributed by atoms with Crippen molar-refractivity contribution in [3.63, 3.8) is 0 Å². The highest BCUT2D eigenvalue weighted by Crippen LogP contribution is 2.29. The van der Waals surface area contributed by atoms with E-state index >= 15 is 0 Å². The molecular formula is C10H14ClFN2OS. The Morgan fingerprint density at radius 3 is 2.44 bits per heavy atom. The van der Waals surface area contributed by atoms with Crippen LogP contribution in [0, 0.1) is 0 Å². The maximum Gasteiger partial charge on any atom is 0.163 e. The van der Waals surface area contributed by atoms with Gasteiger partial charge in [-0.1, -0.05) is 11.6 Å². The average molecular weight is 265 g/mol. The minimum Gasteiger partial charge on any atom is -0.250 e. The quantitative estimate of drug-likeness (QED) is 0.769. The topological polar surface area (TPSA) is 42.3 Å². The predicted octanol–water partition coefficient (Wildman–Crippen LogP) is 3.30. The van der Waals surface area contributed by atoms with Crippen LogP contribution in [-0.2, 0) is 15.4 Å². The van der Waals surface area contributed by atoms with Gasteiger partial charge >= 0.3 is 0 Å². The van der Waals surface area contributed by atoms with Gasteiger partial charge in [-0.15, -0.1) is 0 Å². The molecule has 0 fully saturated rings.